The molecule has 3 rings (SSSR count). The van der Waals surface area contributed by atoms with Crippen LogP contribution in [-0.4, -0.2) is 36.3 Å². The van der Waals surface area contributed by atoms with Gasteiger partial charge in [0.05, 0.1) is 29.1 Å². The van der Waals surface area contributed by atoms with E-state index in [2.05, 4.69) is 39.8 Å². The van der Waals surface area contributed by atoms with Crippen LogP contribution in [0, 0.1) is 3.57 Å². The van der Waals surface area contributed by atoms with Gasteiger partial charge in [0.25, 0.3) is 0 Å². The van der Waals surface area contributed by atoms with Gasteiger partial charge in [-0.15, -0.1) is 0 Å². The second-order valence-electron chi connectivity index (χ2n) is 5.27. The SMILES string of the molecule is CCCNc1nc(C2COCCO2)nc(C2CC2)c1I. The molecule has 0 amide bonds. The molecule has 0 radical (unpaired) electrons. The van der Waals surface area contributed by atoms with E-state index in [-0.39, 0.29) is 6.10 Å². The molecular formula is C14H20IN3O2. The van der Waals surface area contributed by atoms with Gasteiger partial charge in [-0.2, -0.15) is 0 Å². The van der Waals surface area contributed by atoms with Crippen molar-refractivity contribution in [2.45, 2.75) is 38.2 Å². The minimum atomic E-state index is -0.125. The zero-order valence-corrected chi connectivity index (χ0v) is 13.9. The van der Waals surface area contributed by atoms with Crippen LogP contribution in [0.25, 0.3) is 0 Å². The van der Waals surface area contributed by atoms with Gasteiger partial charge < -0.3 is 14.8 Å². The quantitative estimate of drug-likeness (QED) is 0.785. The first-order chi connectivity index (χ1) is 9.79. The number of anilines is 1. The number of hydrogen-bond acceptors (Lipinski definition) is 5. The van der Waals surface area contributed by atoms with Crippen molar-refractivity contribution in [2.75, 3.05) is 31.7 Å². The van der Waals surface area contributed by atoms with Gasteiger partial charge in [0.1, 0.15) is 11.9 Å². The van der Waals surface area contributed by atoms with Crippen molar-refractivity contribution >= 4 is 28.4 Å². The number of aromatic nitrogens is 2. The second-order valence-corrected chi connectivity index (χ2v) is 6.34. The molecule has 1 aliphatic heterocycles. The standard InChI is InChI=1S/C14H20IN3O2/c1-2-5-16-14-11(15)12(9-3-4-9)17-13(18-14)10-8-19-6-7-20-10/h9-10H,2-8H2,1H3,(H,16,17,18). The minimum Gasteiger partial charge on any atom is -0.376 e. The zero-order chi connectivity index (χ0) is 13.9. The van der Waals surface area contributed by atoms with Gasteiger partial charge in [0.2, 0.25) is 0 Å². The Morgan fingerprint density at radius 2 is 2.15 bits per heavy atom. The Morgan fingerprint density at radius 1 is 1.30 bits per heavy atom. The van der Waals surface area contributed by atoms with Crippen LogP contribution < -0.4 is 5.32 Å². The van der Waals surface area contributed by atoms with Crippen LogP contribution in [0.1, 0.15) is 49.7 Å². The van der Waals surface area contributed by atoms with Crippen molar-refractivity contribution < 1.29 is 9.47 Å². The van der Waals surface area contributed by atoms with E-state index in [1.165, 1.54) is 22.1 Å². The Hall–Kier alpha value is -0.470. The Balaban J connectivity index is 1.89. The topological polar surface area (TPSA) is 56.3 Å². The lowest BCUT2D eigenvalue weighted by molar-refractivity contribution is -0.0935. The molecular weight excluding hydrogens is 369 g/mol. The highest BCUT2D eigenvalue weighted by molar-refractivity contribution is 14.1. The van der Waals surface area contributed by atoms with E-state index in [0.717, 1.165) is 24.6 Å². The van der Waals surface area contributed by atoms with Gasteiger partial charge in [-0.1, -0.05) is 6.92 Å². The summed E-state index contributed by atoms with van der Waals surface area (Å²) in [7, 11) is 0. The van der Waals surface area contributed by atoms with Crippen LogP contribution in [0.5, 0.6) is 0 Å². The second kappa shape index (κ2) is 6.53. The number of ether oxygens (including phenoxy) is 2. The highest BCUT2D eigenvalue weighted by atomic mass is 127. The lowest BCUT2D eigenvalue weighted by atomic mass is 10.2. The molecule has 1 aromatic heterocycles. The number of hydrogen-bond donors (Lipinski definition) is 1. The molecule has 2 fully saturated rings. The summed E-state index contributed by atoms with van der Waals surface area (Å²) in [6.45, 7) is 4.92. The fourth-order valence-electron chi connectivity index (χ4n) is 2.25. The van der Waals surface area contributed by atoms with Crippen LogP contribution in [-0.2, 0) is 9.47 Å². The Bertz CT molecular complexity index is 474. The first kappa shape index (κ1) is 14.5. The third-order valence-corrected chi connectivity index (χ3v) is 4.57. The zero-order valence-electron chi connectivity index (χ0n) is 11.7. The summed E-state index contributed by atoms with van der Waals surface area (Å²) in [5, 5.41) is 3.41. The summed E-state index contributed by atoms with van der Waals surface area (Å²) in [6, 6.07) is 0. The minimum absolute atomic E-state index is 0.125. The van der Waals surface area contributed by atoms with Crippen molar-refractivity contribution in [2.24, 2.45) is 0 Å². The van der Waals surface area contributed by atoms with Crippen molar-refractivity contribution in [1.29, 1.82) is 0 Å². The van der Waals surface area contributed by atoms with Gasteiger partial charge in [-0.3, -0.25) is 0 Å². The maximum absolute atomic E-state index is 5.74. The van der Waals surface area contributed by atoms with E-state index in [4.69, 9.17) is 14.5 Å². The van der Waals surface area contributed by atoms with Crippen LogP contribution in [0.4, 0.5) is 5.82 Å². The highest BCUT2D eigenvalue weighted by Crippen LogP contribution is 2.42. The summed E-state index contributed by atoms with van der Waals surface area (Å²) in [6.07, 6.45) is 3.43. The van der Waals surface area contributed by atoms with Crippen molar-refractivity contribution in [3.05, 3.63) is 15.1 Å². The van der Waals surface area contributed by atoms with E-state index in [1.54, 1.807) is 0 Å². The van der Waals surface area contributed by atoms with Crippen molar-refractivity contribution in [3.63, 3.8) is 0 Å². The van der Waals surface area contributed by atoms with E-state index in [0.29, 0.717) is 25.7 Å². The number of nitrogens with one attached hydrogen (secondary N) is 1. The average molecular weight is 389 g/mol. The van der Waals surface area contributed by atoms with Crippen LogP contribution in [0.2, 0.25) is 0 Å². The summed E-state index contributed by atoms with van der Waals surface area (Å²) < 4.78 is 12.4. The van der Waals surface area contributed by atoms with Gasteiger partial charge in [-0.25, -0.2) is 9.97 Å². The van der Waals surface area contributed by atoms with Gasteiger partial charge >= 0.3 is 0 Å². The normalized spacial score (nSPS) is 22.8. The molecule has 1 saturated carbocycles. The van der Waals surface area contributed by atoms with Gasteiger partial charge in [0, 0.05) is 12.5 Å². The first-order valence-corrected chi connectivity index (χ1v) is 8.38. The van der Waals surface area contributed by atoms with E-state index in [1.807, 2.05) is 0 Å². The predicted octanol–water partition coefficient (Wildman–Crippen LogP) is 2.87. The van der Waals surface area contributed by atoms with Gasteiger partial charge in [0.15, 0.2) is 5.82 Å². The Morgan fingerprint density at radius 3 is 2.80 bits per heavy atom. The first-order valence-electron chi connectivity index (χ1n) is 7.30. The predicted molar refractivity (Wildman–Crippen MR) is 85.0 cm³/mol. The Kier molecular flexibility index (Phi) is 4.72. The molecule has 0 bridgehead atoms. The van der Waals surface area contributed by atoms with Crippen LogP contribution >= 0.6 is 22.6 Å². The molecule has 5 nitrogen and oxygen atoms in total. The molecule has 1 aromatic rings. The third-order valence-electron chi connectivity index (χ3n) is 3.50. The molecule has 20 heavy (non-hydrogen) atoms. The fourth-order valence-corrected chi connectivity index (χ4v) is 3.12. The lowest BCUT2D eigenvalue weighted by Crippen LogP contribution is -2.24. The molecule has 1 saturated heterocycles. The summed E-state index contributed by atoms with van der Waals surface area (Å²) in [4.78, 5) is 9.43. The van der Waals surface area contributed by atoms with Gasteiger partial charge in [-0.05, 0) is 41.9 Å². The van der Waals surface area contributed by atoms with E-state index in [9.17, 15) is 0 Å². The van der Waals surface area contributed by atoms with Crippen molar-refractivity contribution in [3.8, 4) is 0 Å². The Labute approximate surface area is 133 Å². The molecule has 1 N–H and O–H groups in total. The third kappa shape index (κ3) is 3.23. The molecule has 1 unspecified atom stereocenters. The maximum atomic E-state index is 5.74. The number of nitrogens with zero attached hydrogens (tertiary/aromatic N) is 2. The summed E-state index contributed by atoms with van der Waals surface area (Å²) in [5.41, 5.74) is 1.18. The van der Waals surface area contributed by atoms with Crippen molar-refractivity contribution in [1.82, 2.24) is 9.97 Å². The summed E-state index contributed by atoms with van der Waals surface area (Å²) >= 11 is 2.36. The summed E-state index contributed by atoms with van der Waals surface area (Å²) in [5.74, 6) is 2.33. The number of halogens is 1. The monoisotopic (exact) mass is 389 g/mol. The molecule has 2 aliphatic rings. The molecule has 1 aliphatic carbocycles. The fraction of sp³-hybridized carbons (Fsp3) is 0.714. The molecule has 1 atom stereocenters. The lowest BCUT2D eigenvalue weighted by Gasteiger charge is -2.23. The average Bonchev–Trinajstić information content (AvgIpc) is 3.32. The van der Waals surface area contributed by atoms with Crippen LogP contribution in [0.3, 0.4) is 0 Å². The van der Waals surface area contributed by atoms with E-state index >= 15 is 0 Å². The maximum Gasteiger partial charge on any atom is 0.162 e. The van der Waals surface area contributed by atoms with E-state index < -0.39 is 0 Å². The molecule has 6 heteroatoms. The smallest absolute Gasteiger partial charge is 0.162 e. The molecule has 0 aromatic carbocycles. The highest BCUT2D eigenvalue weighted by Gasteiger charge is 2.31. The largest absolute Gasteiger partial charge is 0.376 e. The van der Waals surface area contributed by atoms with Crippen LogP contribution in [0.15, 0.2) is 0 Å². The molecule has 2 heterocycles. The molecule has 110 valence electrons. The molecule has 0 spiro atoms. The number of rotatable bonds is 5.